The van der Waals surface area contributed by atoms with Gasteiger partial charge in [0.25, 0.3) is 0 Å². The van der Waals surface area contributed by atoms with Crippen LogP contribution in [0.25, 0.3) is 0 Å². The van der Waals surface area contributed by atoms with E-state index >= 15 is 0 Å². The second-order valence-corrected chi connectivity index (χ2v) is 5.63. The first-order valence-electron chi connectivity index (χ1n) is 6.64. The third-order valence-electron chi connectivity index (χ3n) is 1.99. The fourth-order valence-corrected chi connectivity index (χ4v) is 1.24. The molecule has 4 N–H and O–H groups in total. The minimum atomic E-state index is -4.69. The molecule has 0 aromatic heterocycles. The SMILES string of the molecule is C1=NCCNCCC=NCCNCC1.[Ni].[O-][Cl+3]([O-])([O-])O.[O-][Cl+3]([O-])([O-])O. The Morgan fingerprint density at radius 3 is 1.24 bits per heavy atom. The summed E-state index contributed by atoms with van der Waals surface area (Å²) in [6.45, 7) is 5.72. The van der Waals surface area contributed by atoms with Gasteiger partial charge in [0.2, 0.25) is 0 Å². The topological polar surface area (TPSA) is 228 Å². The number of rotatable bonds is 0. The summed E-state index contributed by atoms with van der Waals surface area (Å²) in [4.78, 5) is 8.60. The van der Waals surface area contributed by atoms with E-state index in [9.17, 15) is 0 Å². The monoisotopic (exact) mass is 454 g/mol. The number of hydrogen-bond acceptors (Lipinski definition) is 12. The molecule has 12 nitrogen and oxygen atoms in total. The second kappa shape index (κ2) is 18.8. The zero-order valence-electron chi connectivity index (χ0n) is 13.1. The van der Waals surface area contributed by atoms with Crippen LogP contribution in [0.1, 0.15) is 12.8 Å². The van der Waals surface area contributed by atoms with Crippen LogP contribution >= 0.6 is 0 Å². The molecule has 25 heavy (non-hydrogen) atoms. The normalized spacial score (nSPS) is 17.0. The van der Waals surface area contributed by atoms with Crippen LogP contribution in [0.15, 0.2) is 9.98 Å². The molecule has 1 rings (SSSR count). The predicted molar refractivity (Wildman–Crippen MR) is 66.1 cm³/mol. The Bertz CT molecular complexity index is 282. The van der Waals surface area contributed by atoms with Crippen molar-refractivity contribution in [2.75, 3.05) is 39.3 Å². The average Bonchev–Trinajstić information content (AvgIpc) is 2.38. The smallest absolute Gasteiger partial charge is 0.0777 e. The summed E-state index contributed by atoms with van der Waals surface area (Å²) in [5, 5.41) is 6.64. The van der Waals surface area contributed by atoms with Gasteiger partial charge < -0.3 is 10.6 Å². The molecular formula is C10H22Cl2N4NiO8. The molecule has 0 bridgehead atoms. The number of halogens is 2. The minimum absolute atomic E-state index is 0. The Hall–Kier alpha value is 0.0135. The number of hydrogen-bond donors (Lipinski definition) is 4. The summed E-state index contributed by atoms with van der Waals surface area (Å²) in [6.07, 6.45) is 6.04. The molecule has 1 heterocycles. The van der Waals surface area contributed by atoms with Crippen LogP contribution in [0, 0.1) is 20.5 Å². The molecule has 0 aromatic rings. The van der Waals surface area contributed by atoms with Crippen LogP contribution in [0.4, 0.5) is 0 Å². The second-order valence-electron chi connectivity index (χ2n) is 4.05. The molecular weight excluding hydrogens is 434 g/mol. The number of aliphatic imine (C=N–C) groups is 2. The molecule has 0 amide bonds. The third-order valence-corrected chi connectivity index (χ3v) is 1.99. The summed E-state index contributed by atoms with van der Waals surface area (Å²) < 4.78 is 65.4. The van der Waals surface area contributed by atoms with Gasteiger partial charge in [-0.25, -0.2) is 0 Å². The molecule has 0 aromatic carbocycles. The van der Waals surface area contributed by atoms with Crippen LogP contribution in [-0.4, -0.2) is 61.0 Å². The van der Waals surface area contributed by atoms with E-state index in [-0.39, 0.29) is 16.5 Å². The minimum Gasteiger partial charge on any atom is -0.315 e. The summed E-state index contributed by atoms with van der Waals surface area (Å²) in [5.41, 5.74) is 0. The molecule has 0 aliphatic carbocycles. The van der Waals surface area contributed by atoms with Gasteiger partial charge >= 0.3 is 0 Å². The fourth-order valence-electron chi connectivity index (χ4n) is 1.24. The molecule has 154 valence electrons. The van der Waals surface area contributed by atoms with Gasteiger partial charge in [0, 0.05) is 42.7 Å². The van der Waals surface area contributed by atoms with Crippen molar-refractivity contribution in [3.63, 3.8) is 0 Å². The van der Waals surface area contributed by atoms with Crippen molar-refractivity contribution in [3.05, 3.63) is 0 Å². The zero-order chi connectivity index (χ0) is 18.9. The van der Waals surface area contributed by atoms with Crippen molar-refractivity contribution in [2.45, 2.75) is 12.8 Å². The molecule has 0 atom stereocenters. The summed E-state index contributed by atoms with van der Waals surface area (Å²) in [6, 6.07) is 0. The van der Waals surface area contributed by atoms with E-state index in [1.165, 1.54) is 0 Å². The Kier molecular flexibility index (Phi) is 22.4. The average molecular weight is 456 g/mol. The Labute approximate surface area is 159 Å². The maximum absolute atomic E-state index is 8.60. The van der Waals surface area contributed by atoms with Gasteiger partial charge in [-0.05, 0) is 25.3 Å². The van der Waals surface area contributed by atoms with E-state index in [4.69, 9.17) is 37.3 Å². The molecule has 0 unspecified atom stereocenters. The molecule has 0 saturated heterocycles. The first-order chi connectivity index (χ1) is 11.0. The van der Waals surface area contributed by atoms with Crippen molar-refractivity contribution in [2.24, 2.45) is 9.98 Å². The first-order valence-corrected chi connectivity index (χ1v) is 9.17. The quantitative estimate of drug-likeness (QED) is 0.252. The van der Waals surface area contributed by atoms with E-state index in [0.717, 1.165) is 52.1 Å². The summed E-state index contributed by atoms with van der Waals surface area (Å²) in [5.74, 6) is 0. The van der Waals surface area contributed by atoms with Gasteiger partial charge in [-0.1, -0.05) is 0 Å². The van der Waals surface area contributed by atoms with E-state index in [1.54, 1.807) is 0 Å². The third kappa shape index (κ3) is 59.3. The van der Waals surface area contributed by atoms with Crippen molar-refractivity contribution in [3.8, 4) is 0 Å². The standard InChI is InChI=1S/C10H20N4.2ClHO4.Ni/c1-3-11-7-9-13-5-2-6-14-10-8-12-4-1;2*2-1(3,4)5;/h3,6,12-13H,1-2,4-5,7-10H2;2*(H,2,3,4,5);. The molecule has 1 aliphatic rings. The van der Waals surface area contributed by atoms with Crippen molar-refractivity contribution >= 4 is 12.4 Å². The largest absolute Gasteiger partial charge is 0.315 e. The van der Waals surface area contributed by atoms with Crippen molar-refractivity contribution in [1.29, 1.82) is 0 Å². The van der Waals surface area contributed by atoms with Crippen molar-refractivity contribution in [1.82, 2.24) is 10.6 Å². The summed E-state index contributed by atoms with van der Waals surface area (Å²) >= 11 is 0. The van der Waals surface area contributed by atoms with Gasteiger partial charge in [-0.3, -0.25) is 9.98 Å². The molecule has 15 heteroatoms. The Morgan fingerprint density at radius 2 is 0.960 bits per heavy atom. The van der Waals surface area contributed by atoms with Crippen molar-refractivity contribution < 1.29 is 74.2 Å². The van der Waals surface area contributed by atoms with Gasteiger partial charge in [0.05, 0.1) is 42.9 Å². The summed E-state index contributed by atoms with van der Waals surface area (Å²) in [7, 11) is -9.39. The van der Waals surface area contributed by atoms with Gasteiger partial charge in [-0.15, -0.1) is 0 Å². The molecule has 1 aliphatic heterocycles. The Morgan fingerprint density at radius 1 is 0.680 bits per heavy atom. The Balaban J connectivity index is -0.000000368. The maximum atomic E-state index is 8.60. The maximum Gasteiger partial charge on any atom is 0.0777 e. The molecule has 0 saturated carbocycles. The predicted octanol–water partition coefficient (Wildman–Crippen LogP) is -8.15. The number of nitrogens with zero attached hydrogens (tertiary/aromatic N) is 2. The van der Waals surface area contributed by atoms with E-state index < -0.39 is 20.5 Å². The molecule has 0 spiro atoms. The van der Waals surface area contributed by atoms with Crippen LogP contribution in [0.2, 0.25) is 0 Å². The van der Waals surface area contributed by atoms with Crippen LogP contribution in [0.5, 0.6) is 0 Å². The number of nitrogens with one attached hydrogen (secondary N) is 2. The van der Waals surface area contributed by atoms with Crippen LogP contribution < -0.4 is 38.6 Å². The van der Waals surface area contributed by atoms with Crippen LogP contribution in [0.3, 0.4) is 0 Å². The molecule has 0 fully saturated rings. The van der Waals surface area contributed by atoms with E-state index in [1.807, 2.05) is 12.4 Å². The van der Waals surface area contributed by atoms with E-state index in [2.05, 4.69) is 20.6 Å². The van der Waals surface area contributed by atoms with Gasteiger partial charge in [-0.2, -0.15) is 28.0 Å². The van der Waals surface area contributed by atoms with Crippen LogP contribution in [-0.2, 0) is 16.5 Å². The fraction of sp³-hybridized carbons (Fsp3) is 0.800. The van der Waals surface area contributed by atoms with Gasteiger partial charge in [0.1, 0.15) is 0 Å². The van der Waals surface area contributed by atoms with E-state index in [0.29, 0.717) is 0 Å². The zero-order valence-corrected chi connectivity index (χ0v) is 15.6. The van der Waals surface area contributed by atoms with Gasteiger partial charge in [0.15, 0.2) is 0 Å². The molecule has 0 radical (unpaired) electrons. The first kappa shape index (κ1) is 29.8.